The lowest BCUT2D eigenvalue weighted by Crippen LogP contribution is -2.22. The molecule has 0 fully saturated rings. The summed E-state index contributed by atoms with van der Waals surface area (Å²) >= 11 is 2.61. The molecule has 0 radical (unpaired) electrons. The molecule has 2 aromatic rings. The summed E-state index contributed by atoms with van der Waals surface area (Å²) in [6.45, 7) is 0.0387. The fraction of sp³-hybridized carbons (Fsp3) is 0.222. The molecule has 0 spiro atoms. The Labute approximate surface area is 107 Å². The number of thiophene rings is 1. The Morgan fingerprint density at radius 2 is 2.24 bits per heavy atom. The Morgan fingerprint density at radius 3 is 2.82 bits per heavy atom. The minimum Gasteiger partial charge on any atom is -0.391 e. The second-order valence-corrected chi connectivity index (χ2v) is 6.90. The molecule has 5 nitrogen and oxygen atoms in total. The van der Waals surface area contributed by atoms with Crippen molar-refractivity contribution in [2.45, 2.75) is 18.0 Å². The number of hydrogen-bond acceptors (Lipinski definition) is 6. The molecular weight excluding hydrogens is 280 g/mol. The van der Waals surface area contributed by atoms with Gasteiger partial charge in [0.15, 0.2) is 0 Å². The molecule has 0 unspecified atom stereocenters. The molecule has 8 heteroatoms. The van der Waals surface area contributed by atoms with Crippen LogP contribution in [0.3, 0.4) is 0 Å². The van der Waals surface area contributed by atoms with Gasteiger partial charge in [-0.2, -0.15) is 0 Å². The number of sulfonamides is 1. The van der Waals surface area contributed by atoms with E-state index in [1.165, 1.54) is 34.1 Å². The van der Waals surface area contributed by atoms with Crippen molar-refractivity contribution >= 4 is 32.7 Å². The lowest BCUT2D eigenvalue weighted by atomic mass is 10.5. The van der Waals surface area contributed by atoms with E-state index >= 15 is 0 Å². The normalized spacial score (nSPS) is 11.8. The Bertz CT molecular complexity index is 574. The van der Waals surface area contributed by atoms with Crippen molar-refractivity contribution in [3.05, 3.63) is 32.9 Å². The van der Waals surface area contributed by atoms with Gasteiger partial charge in [-0.3, -0.25) is 0 Å². The van der Waals surface area contributed by atoms with Crippen molar-refractivity contribution in [2.75, 3.05) is 0 Å². The van der Waals surface area contributed by atoms with Gasteiger partial charge in [0.25, 0.3) is 0 Å². The average molecular weight is 290 g/mol. The molecule has 2 N–H and O–H groups in total. The number of aliphatic hydroxyl groups is 1. The maximum Gasteiger partial charge on any atom is 0.241 e. The van der Waals surface area contributed by atoms with E-state index in [0.717, 1.165) is 0 Å². The van der Waals surface area contributed by atoms with Crippen molar-refractivity contribution < 1.29 is 13.5 Å². The highest BCUT2D eigenvalue weighted by molar-refractivity contribution is 7.89. The second kappa shape index (κ2) is 5.23. The number of aromatic nitrogens is 1. The molecule has 0 saturated carbocycles. The van der Waals surface area contributed by atoms with Gasteiger partial charge in [-0.1, -0.05) is 0 Å². The Hall–Kier alpha value is -0.800. The van der Waals surface area contributed by atoms with Crippen LogP contribution < -0.4 is 4.72 Å². The number of nitrogens with one attached hydrogen (secondary N) is 1. The van der Waals surface area contributed by atoms with Gasteiger partial charge in [0.2, 0.25) is 10.0 Å². The molecular formula is C9H10N2O3S3. The molecule has 0 aliphatic rings. The quantitative estimate of drug-likeness (QED) is 0.866. The maximum atomic E-state index is 11.8. The molecule has 92 valence electrons. The third-order valence-electron chi connectivity index (χ3n) is 1.99. The van der Waals surface area contributed by atoms with Gasteiger partial charge in [0.1, 0.15) is 5.01 Å². The average Bonchev–Trinajstić information content (AvgIpc) is 2.98. The van der Waals surface area contributed by atoms with Crippen LogP contribution in [0.15, 0.2) is 27.9 Å². The fourth-order valence-electron chi connectivity index (χ4n) is 1.16. The molecule has 0 saturated heterocycles. The zero-order valence-electron chi connectivity index (χ0n) is 8.66. The first-order valence-electron chi connectivity index (χ1n) is 4.68. The summed E-state index contributed by atoms with van der Waals surface area (Å²) in [5.74, 6) is 0. The summed E-state index contributed by atoms with van der Waals surface area (Å²) in [4.78, 5) is 4.80. The summed E-state index contributed by atoms with van der Waals surface area (Å²) in [5.41, 5.74) is 0. The molecule has 0 aliphatic heterocycles. The monoisotopic (exact) mass is 290 g/mol. The van der Waals surface area contributed by atoms with Crippen molar-refractivity contribution in [3.63, 3.8) is 0 Å². The third-order valence-corrected chi connectivity index (χ3v) is 5.22. The molecule has 0 aliphatic carbocycles. The van der Waals surface area contributed by atoms with Crippen molar-refractivity contribution in [1.82, 2.24) is 9.71 Å². The summed E-state index contributed by atoms with van der Waals surface area (Å²) < 4.78 is 26.2. The van der Waals surface area contributed by atoms with Crippen LogP contribution in [-0.2, 0) is 23.2 Å². The van der Waals surface area contributed by atoms with E-state index in [4.69, 9.17) is 5.11 Å². The summed E-state index contributed by atoms with van der Waals surface area (Å²) in [5, 5.41) is 12.9. The predicted octanol–water partition coefficient (Wildman–Crippen LogP) is 1.18. The zero-order chi connectivity index (χ0) is 12.3. The van der Waals surface area contributed by atoms with E-state index in [0.29, 0.717) is 9.88 Å². The first-order chi connectivity index (χ1) is 8.12. The number of thiazole rings is 1. The summed E-state index contributed by atoms with van der Waals surface area (Å²) in [6.07, 6.45) is 1.63. The minimum absolute atomic E-state index is 0.146. The molecule has 0 atom stereocenters. The summed E-state index contributed by atoms with van der Waals surface area (Å²) in [6, 6.07) is 1.47. The van der Waals surface area contributed by atoms with E-state index in [1.54, 1.807) is 11.6 Å². The van der Waals surface area contributed by atoms with E-state index in [1.807, 2.05) is 0 Å². The standard InChI is InChI=1S/C9H10N2O3S3/c12-5-7-3-8(6-16-7)17(13,14)11-4-9-10-1-2-15-9/h1-3,6,11-12H,4-5H2. The topological polar surface area (TPSA) is 79.3 Å². The molecule has 0 bridgehead atoms. The molecule has 0 amide bonds. The van der Waals surface area contributed by atoms with Gasteiger partial charge in [-0.25, -0.2) is 18.1 Å². The van der Waals surface area contributed by atoms with Crippen molar-refractivity contribution in [2.24, 2.45) is 0 Å². The lowest BCUT2D eigenvalue weighted by Gasteiger charge is -2.02. The fourth-order valence-corrected chi connectivity index (χ4v) is 3.93. The molecule has 2 heterocycles. The van der Waals surface area contributed by atoms with Crippen LogP contribution in [0.2, 0.25) is 0 Å². The van der Waals surface area contributed by atoms with Crippen LogP contribution >= 0.6 is 22.7 Å². The Morgan fingerprint density at radius 1 is 1.41 bits per heavy atom. The maximum absolute atomic E-state index is 11.8. The van der Waals surface area contributed by atoms with Gasteiger partial charge in [-0.15, -0.1) is 22.7 Å². The Kier molecular flexibility index (Phi) is 3.89. The number of rotatable bonds is 5. The highest BCUT2D eigenvalue weighted by atomic mass is 32.2. The van der Waals surface area contributed by atoms with Crippen LogP contribution in [0, 0.1) is 0 Å². The smallest absolute Gasteiger partial charge is 0.241 e. The SMILES string of the molecule is O=S(=O)(NCc1nccs1)c1csc(CO)c1. The molecule has 0 aromatic carbocycles. The number of nitrogens with zero attached hydrogens (tertiary/aromatic N) is 1. The van der Waals surface area contributed by atoms with E-state index < -0.39 is 10.0 Å². The molecule has 2 aromatic heterocycles. The van der Waals surface area contributed by atoms with Gasteiger partial charge < -0.3 is 5.11 Å². The van der Waals surface area contributed by atoms with E-state index in [9.17, 15) is 8.42 Å². The zero-order valence-corrected chi connectivity index (χ0v) is 11.1. The van der Waals surface area contributed by atoms with E-state index in [-0.39, 0.29) is 18.0 Å². The number of aliphatic hydroxyl groups excluding tert-OH is 1. The van der Waals surface area contributed by atoms with Crippen molar-refractivity contribution in [1.29, 1.82) is 0 Å². The van der Waals surface area contributed by atoms with Crippen LogP contribution in [0.5, 0.6) is 0 Å². The first-order valence-corrected chi connectivity index (χ1v) is 7.92. The lowest BCUT2D eigenvalue weighted by molar-refractivity contribution is 0.285. The highest BCUT2D eigenvalue weighted by Gasteiger charge is 2.16. The van der Waals surface area contributed by atoms with E-state index in [2.05, 4.69) is 9.71 Å². The Balaban J connectivity index is 2.08. The second-order valence-electron chi connectivity index (χ2n) is 3.16. The van der Waals surface area contributed by atoms with Crippen LogP contribution in [0.25, 0.3) is 0 Å². The molecule has 17 heavy (non-hydrogen) atoms. The highest BCUT2D eigenvalue weighted by Crippen LogP contribution is 2.19. The first kappa shape index (κ1) is 12.7. The van der Waals surface area contributed by atoms with Gasteiger partial charge in [0.05, 0.1) is 18.0 Å². The summed E-state index contributed by atoms with van der Waals surface area (Å²) in [7, 11) is -3.51. The van der Waals surface area contributed by atoms with Gasteiger partial charge in [0, 0.05) is 21.8 Å². The van der Waals surface area contributed by atoms with Crippen LogP contribution in [0.4, 0.5) is 0 Å². The van der Waals surface area contributed by atoms with Crippen molar-refractivity contribution in [3.8, 4) is 0 Å². The third kappa shape index (κ3) is 3.11. The van der Waals surface area contributed by atoms with Crippen LogP contribution in [-0.4, -0.2) is 18.5 Å². The minimum atomic E-state index is -3.51. The van der Waals surface area contributed by atoms with Gasteiger partial charge in [-0.05, 0) is 6.07 Å². The predicted molar refractivity (Wildman–Crippen MR) is 66.4 cm³/mol. The molecule has 2 rings (SSSR count). The largest absolute Gasteiger partial charge is 0.391 e. The van der Waals surface area contributed by atoms with Gasteiger partial charge >= 0.3 is 0 Å². The number of hydrogen-bond donors (Lipinski definition) is 2. The van der Waals surface area contributed by atoms with Crippen LogP contribution in [0.1, 0.15) is 9.88 Å².